The third-order valence-corrected chi connectivity index (χ3v) is 4.52. The van der Waals surface area contributed by atoms with Gasteiger partial charge < -0.3 is 10.0 Å². The van der Waals surface area contributed by atoms with E-state index < -0.39 is 12.0 Å². The van der Waals surface area contributed by atoms with E-state index in [9.17, 15) is 14.7 Å². The van der Waals surface area contributed by atoms with Crippen LogP contribution in [0.3, 0.4) is 0 Å². The summed E-state index contributed by atoms with van der Waals surface area (Å²) in [6.45, 7) is 3.64. The number of fused-ring (bicyclic) bond motifs is 1. The smallest absolute Gasteiger partial charge is 0.327 e. The molecule has 110 valence electrons. The summed E-state index contributed by atoms with van der Waals surface area (Å²) in [5, 5.41) is 13.5. The molecule has 1 aliphatic rings. The normalized spacial score (nSPS) is 18.4. The fraction of sp³-hybridized carbons (Fsp3) is 0.385. The van der Waals surface area contributed by atoms with Crippen LogP contribution in [0.2, 0.25) is 0 Å². The summed E-state index contributed by atoms with van der Waals surface area (Å²) in [6, 6.07) is 1.05. The van der Waals surface area contributed by atoms with Crippen LogP contribution in [0.4, 0.5) is 0 Å². The van der Waals surface area contributed by atoms with Crippen molar-refractivity contribution in [1.29, 1.82) is 0 Å². The molecule has 1 fully saturated rings. The molecule has 0 radical (unpaired) electrons. The van der Waals surface area contributed by atoms with Crippen LogP contribution >= 0.6 is 11.8 Å². The Kier molecular flexibility index (Phi) is 3.32. The third kappa shape index (κ3) is 2.25. The first-order valence-corrected chi connectivity index (χ1v) is 7.58. The lowest BCUT2D eigenvalue weighted by Gasteiger charge is -2.21. The quantitative estimate of drug-likeness (QED) is 0.888. The number of carbonyl (C=O) groups is 2. The van der Waals surface area contributed by atoms with Crippen LogP contribution in [0, 0.1) is 13.8 Å². The lowest BCUT2D eigenvalue weighted by atomic mass is 10.2. The highest BCUT2D eigenvalue weighted by molar-refractivity contribution is 7.99. The Morgan fingerprint density at radius 3 is 2.90 bits per heavy atom. The van der Waals surface area contributed by atoms with Gasteiger partial charge in [-0.2, -0.15) is 5.10 Å². The maximum absolute atomic E-state index is 12.6. The molecule has 0 spiro atoms. The molecule has 3 rings (SSSR count). The lowest BCUT2D eigenvalue weighted by molar-refractivity contribution is -0.140. The van der Waals surface area contributed by atoms with E-state index in [1.807, 2.05) is 13.0 Å². The van der Waals surface area contributed by atoms with E-state index >= 15 is 0 Å². The van der Waals surface area contributed by atoms with Gasteiger partial charge in [-0.3, -0.25) is 4.79 Å². The number of aliphatic carboxylic acids is 1. The minimum atomic E-state index is -0.977. The zero-order valence-corrected chi connectivity index (χ0v) is 12.4. The molecule has 1 amide bonds. The Morgan fingerprint density at radius 1 is 1.43 bits per heavy atom. The van der Waals surface area contributed by atoms with Gasteiger partial charge in [-0.15, -0.1) is 11.8 Å². The number of hydrogen-bond acceptors (Lipinski definition) is 5. The first-order chi connectivity index (χ1) is 9.99. The number of hydrogen-bond donors (Lipinski definition) is 1. The Bertz CT molecular complexity index is 742. The molecule has 21 heavy (non-hydrogen) atoms. The summed E-state index contributed by atoms with van der Waals surface area (Å²) < 4.78 is 1.61. The van der Waals surface area contributed by atoms with E-state index in [0.29, 0.717) is 28.5 Å². The summed E-state index contributed by atoms with van der Waals surface area (Å²) in [4.78, 5) is 29.4. The summed E-state index contributed by atoms with van der Waals surface area (Å²) in [7, 11) is 0. The molecule has 2 aromatic heterocycles. The van der Waals surface area contributed by atoms with E-state index in [0.717, 1.165) is 5.69 Å². The SMILES string of the molecule is Cc1cc2ncc(C(=O)N3CSCC3C(=O)O)c(C)n2n1. The predicted octanol–water partition coefficient (Wildman–Crippen LogP) is 0.946. The van der Waals surface area contributed by atoms with Crippen LogP contribution in [-0.4, -0.2) is 54.2 Å². The van der Waals surface area contributed by atoms with Gasteiger partial charge in [0.1, 0.15) is 6.04 Å². The van der Waals surface area contributed by atoms with Crippen molar-refractivity contribution in [2.75, 3.05) is 11.6 Å². The molecular weight excluding hydrogens is 292 g/mol. The molecule has 1 atom stereocenters. The van der Waals surface area contributed by atoms with E-state index in [1.165, 1.54) is 22.9 Å². The molecule has 1 aliphatic heterocycles. The van der Waals surface area contributed by atoms with Crippen molar-refractivity contribution in [2.45, 2.75) is 19.9 Å². The summed E-state index contributed by atoms with van der Waals surface area (Å²) >= 11 is 1.44. The first kappa shape index (κ1) is 13.9. The highest BCUT2D eigenvalue weighted by Gasteiger charge is 2.35. The summed E-state index contributed by atoms with van der Waals surface area (Å²) in [5.74, 6) is -0.496. The van der Waals surface area contributed by atoms with Crippen molar-refractivity contribution < 1.29 is 14.7 Å². The molecule has 0 saturated carbocycles. The van der Waals surface area contributed by atoms with Gasteiger partial charge in [-0.1, -0.05) is 0 Å². The number of nitrogens with zero attached hydrogens (tertiary/aromatic N) is 4. The standard InChI is InChI=1S/C13H14N4O3S/c1-7-3-11-14-4-9(8(2)17(11)15-7)12(18)16-6-21-5-10(16)13(19)20/h3-4,10H,5-6H2,1-2H3,(H,19,20). The average Bonchev–Trinajstić information content (AvgIpc) is 3.04. The number of aryl methyl sites for hydroxylation is 2. The largest absolute Gasteiger partial charge is 0.480 e. The van der Waals surface area contributed by atoms with Gasteiger partial charge in [0.15, 0.2) is 5.65 Å². The molecule has 1 saturated heterocycles. The number of thioether (sulfide) groups is 1. The van der Waals surface area contributed by atoms with Crippen LogP contribution in [-0.2, 0) is 4.79 Å². The van der Waals surface area contributed by atoms with Gasteiger partial charge in [0.25, 0.3) is 5.91 Å². The van der Waals surface area contributed by atoms with Crippen LogP contribution in [0.5, 0.6) is 0 Å². The molecular formula is C13H14N4O3S. The van der Waals surface area contributed by atoms with Gasteiger partial charge in [0.2, 0.25) is 0 Å². The second-order valence-corrected chi connectivity index (χ2v) is 5.94. The van der Waals surface area contributed by atoms with Crippen molar-refractivity contribution in [1.82, 2.24) is 19.5 Å². The van der Waals surface area contributed by atoms with Crippen molar-refractivity contribution in [3.63, 3.8) is 0 Å². The minimum Gasteiger partial charge on any atom is -0.480 e. The van der Waals surface area contributed by atoms with Crippen molar-refractivity contribution >= 4 is 29.3 Å². The van der Waals surface area contributed by atoms with Gasteiger partial charge in [0, 0.05) is 18.0 Å². The Hall–Kier alpha value is -2.09. The molecule has 3 heterocycles. The first-order valence-electron chi connectivity index (χ1n) is 6.42. The van der Waals surface area contributed by atoms with E-state index in [1.54, 1.807) is 11.4 Å². The number of carboxylic acid groups (broad SMARTS) is 1. The summed E-state index contributed by atoms with van der Waals surface area (Å²) in [5.41, 5.74) is 2.54. The third-order valence-electron chi connectivity index (χ3n) is 3.50. The molecule has 2 aromatic rings. The second kappa shape index (κ2) is 5.03. The zero-order chi connectivity index (χ0) is 15.1. The molecule has 7 nitrogen and oxygen atoms in total. The predicted molar refractivity (Wildman–Crippen MR) is 77.4 cm³/mol. The molecule has 1 N–H and O–H groups in total. The molecule has 8 heteroatoms. The zero-order valence-electron chi connectivity index (χ0n) is 11.6. The Balaban J connectivity index is 2.01. The van der Waals surface area contributed by atoms with Crippen LogP contribution in [0.1, 0.15) is 21.7 Å². The highest BCUT2D eigenvalue weighted by atomic mass is 32.2. The van der Waals surface area contributed by atoms with Crippen LogP contribution < -0.4 is 0 Å². The summed E-state index contributed by atoms with van der Waals surface area (Å²) in [6.07, 6.45) is 1.50. The van der Waals surface area contributed by atoms with Crippen LogP contribution in [0.15, 0.2) is 12.3 Å². The van der Waals surface area contributed by atoms with Crippen molar-refractivity contribution in [3.05, 3.63) is 29.2 Å². The minimum absolute atomic E-state index is 0.313. The van der Waals surface area contributed by atoms with Gasteiger partial charge in [-0.05, 0) is 13.8 Å². The van der Waals surface area contributed by atoms with E-state index in [-0.39, 0.29) is 5.91 Å². The number of rotatable bonds is 2. The number of aromatic nitrogens is 3. The fourth-order valence-corrected chi connectivity index (χ4v) is 3.52. The van der Waals surface area contributed by atoms with E-state index in [4.69, 9.17) is 0 Å². The topological polar surface area (TPSA) is 87.8 Å². The maximum atomic E-state index is 12.6. The second-order valence-electron chi connectivity index (χ2n) is 4.94. The Morgan fingerprint density at radius 2 is 2.19 bits per heavy atom. The average molecular weight is 306 g/mol. The molecule has 0 bridgehead atoms. The van der Waals surface area contributed by atoms with Gasteiger partial charge in [-0.25, -0.2) is 14.3 Å². The lowest BCUT2D eigenvalue weighted by Crippen LogP contribution is -2.42. The number of amides is 1. The highest BCUT2D eigenvalue weighted by Crippen LogP contribution is 2.24. The van der Waals surface area contributed by atoms with E-state index in [2.05, 4.69) is 10.1 Å². The van der Waals surface area contributed by atoms with Gasteiger partial charge in [0.05, 0.1) is 22.8 Å². The number of carbonyl (C=O) groups excluding carboxylic acids is 1. The monoisotopic (exact) mass is 306 g/mol. The maximum Gasteiger partial charge on any atom is 0.327 e. The Labute approximate surface area is 125 Å². The molecule has 0 aliphatic carbocycles. The van der Waals surface area contributed by atoms with Crippen molar-refractivity contribution in [3.8, 4) is 0 Å². The molecule has 1 unspecified atom stereocenters. The fourth-order valence-electron chi connectivity index (χ4n) is 2.37. The van der Waals surface area contributed by atoms with Crippen LogP contribution in [0.25, 0.3) is 5.65 Å². The van der Waals surface area contributed by atoms with Gasteiger partial charge >= 0.3 is 5.97 Å². The number of carboxylic acids is 1. The molecule has 0 aromatic carbocycles. The van der Waals surface area contributed by atoms with Crippen molar-refractivity contribution in [2.24, 2.45) is 0 Å².